The third-order valence-corrected chi connectivity index (χ3v) is 4.21. The minimum atomic E-state index is 0.919. The number of fused-ring (bicyclic) bond motifs is 4. The van der Waals surface area contributed by atoms with E-state index in [4.69, 9.17) is 8.83 Å². The maximum Gasteiger partial charge on any atom is 0.135 e. The molecule has 21 heavy (non-hydrogen) atoms. The van der Waals surface area contributed by atoms with Crippen molar-refractivity contribution < 1.29 is 8.83 Å². The van der Waals surface area contributed by atoms with E-state index in [1.54, 1.807) is 0 Å². The molecule has 0 amide bonds. The summed E-state index contributed by atoms with van der Waals surface area (Å²) in [6, 6.07) is 14.4. The van der Waals surface area contributed by atoms with Gasteiger partial charge in [0.1, 0.15) is 16.9 Å². The zero-order valence-electron chi connectivity index (χ0n) is 11.3. The molecule has 100 valence electrons. The average molecular weight is 272 g/mol. The number of benzene rings is 2. The van der Waals surface area contributed by atoms with E-state index >= 15 is 0 Å². The predicted molar refractivity (Wildman–Crippen MR) is 84.2 cm³/mol. The molecule has 0 radical (unpaired) electrons. The molecule has 0 unspecified atom stereocenters. The Hall–Kier alpha value is -2.74. The van der Waals surface area contributed by atoms with Crippen LogP contribution in [0, 0.1) is 0 Å². The lowest BCUT2D eigenvalue weighted by atomic mass is 9.98. The summed E-state index contributed by atoms with van der Waals surface area (Å²) >= 11 is 0. The van der Waals surface area contributed by atoms with Gasteiger partial charge in [0.05, 0.1) is 6.26 Å². The molecule has 0 fully saturated rings. The van der Waals surface area contributed by atoms with Crippen LogP contribution in [0.3, 0.4) is 0 Å². The van der Waals surface area contributed by atoms with Crippen LogP contribution >= 0.6 is 0 Å². The van der Waals surface area contributed by atoms with Crippen molar-refractivity contribution in [3.63, 3.8) is 0 Å². The Morgan fingerprint density at radius 2 is 1.76 bits per heavy atom. The monoisotopic (exact) mass is 272 g/mol. The third kappa shape index (κ3) is 1.42. The molecule has 0 N–H and O–H groups in total. The largest absolute Gasteiger partial charge is 0.464 e. The maximum absolute atomic E-state index is 5.94. The molecule has 4 aromatic rings. The molecule has 2 nitrogen and oxygen atoms in total. The zero-order chi connectivity index (χ0) is 13.8. The second-order valence-corrected chi connectivity index (χ2v) is 5.38. The normalized spacial score (nSPS) is 13.3. The van der Waals surface area contributed by atoms with Crippen molar-refractivity contribution >= 4 is 28.0 Å². The summed E-state index contributed by atoms with van der Waals surface area (Å²) in [5, 5.41) is 2.36. The lowest BCUT2D eigenvalue weighted by molar-refractivity contribution is 0.603. The van der Waals surface area contributed by atoms with Crippen LogP contribution in [0.1, 0.15) is 11.3 Å². The van der Waals surface area contributed by atoms with Crippen molar-refractivity contribution in [3.05, 3.63) is 66.1 Å². The molecule has 2 aromatic carbocycles. The molecule has 1 aliphatic rings. The highest BCUT2D eigenvalue weighted by Gasteiger charge is 2.20. The number of rotatable bonds is 1. The summed E-state index contributed by atoms with van der Waals surface area (Å²) in [6.45, 7) is 0. The van der Waals surface area contributed by atoms with Crippen LogP contribution in [0.4, 0.5) is 0 Å². The van der Waals surface area contributed by atoms with Crippen LogP contribution in [-0.2, 0) is 6.42 Å². The van der Waals surface area contributed by atoms with E-state index in [1.165, 1.54) is 16.5 Å². The van der Waals surface area contributed by atoms with Gasteiger partial charge in [-0.25, -0.2) is 0 Å². The van der Waals surface area contributed by atoms with Gasteiger partial charge in [0.2, 0.25) is 0 Å². The van der Waals surface area contributed by atoms with E-state index in [0.29, 0.717) is 0 Å². The van der Waals surface area contributed by atoms with Crippen molar-refractivity contribution in [1.82, 2.24) is 0 Å². The first-order valence-electron chi connectivity index (χ1n) is 7.09. The Labute approximate surface area is 121 Å². The van der Waals surface area contributed by atoms with Gasteiger partial charge in [-0.2, -0.15) is 0 Å². The SMILES string of the molecule is C1=Cc2oc3cccc(-c4coc5ccccc45)c3c2C1. The maximum atomic E-state index is 5.94. The first-order valence-corrected chi connectivity index (χ1v) is 7.09. The van der Waals surface area contributed by atoms with Crippen LogP contribution in [0.2, 0.25) is 0 Å². The van der Waals surface area contributed by atoms with Gasteiger partial charge in [-0.15, -0.1) is 0 Å². The number of hydrogen-bond donors (Lipinski definition) is 0. The summed E-state index contributed by atoms with van der Waals surface area (Å²) in [6.07, 6.45) is 7.00. The molecular formula is C19H12O2. The Morgan fingerprint density at radius 3 is 2.76 bits per heavy atom. The lowest BCUT2D eigenvalue weighted by Crippen LogP contribution is -1.82. The van der Waals surface area contributed by atoms with Crippen molar-refractivity contribution in [3.8, 4) is 11.1 Å². The van der Waals surface area contributed by atoms with Gasteiger partial charge in [-0.1, -0.05) is 36.4 Å². The second kappa shape index (κ2) is 3.89. The number of hydrogen-bond acceptors (Lipinski definition) is 2. The standard InChI is InChI=1S/C19H12O2/c1-2-8-16-12(5-1)15(11-20-16)13-6-3-10-18-19(13)14-7-4-9-17(14)21-18/h1-6,8-11H,7H2. The predicted octanol–water partition coefficient (Wildman–Crippen LogP) is 5.42. The molecule has 0 saturated carbocycles. The van der Waals surface area contributed by atoms with E-state index in [2.05, 4.69) is 24.3 Å². The summed E-state index contributed by atoms with van der Waals surface area (Å²) < 4.78 is 11.6. The van der Waals surface area contributed by atoms with Crippen molar-refractivity contribution in [2.24, 2.45) is 0 Å². The van der Waals surface area contributed by atoms with Crippen LogP contribution in [0.5, 0.6) is 0 Å². The summed E-state index contributed by atoms with van der Waals surface area (Å²) in [4.78, 5) is 0. The fourth-order valence-corrected chi connectivity index (χ4v) is 3.26. The minimum Gasteiger partial charge on any atom is -0.464 e. The van der Waals surface area contributed by atoms with Crippen LogP contribution in [0.25, 0.3) is 39.1 Å². The van der Waals surface area contributed by atoms with Gasteiger partial charge < -0.3 is 8.83 Å². The van der Waals surface area contributed by atoms with E-state index in [-0.39, 0.29) is 0 Å². The topological polar surface area (TPSA) is 26.3 Å². The van der Waals surface area contributed by atoms with Gasteiger partial charge in [-0.05, 0) is 30.2 Å². The Kier molecular flexibility index (Phi) is 2.03. The van der Waals surface area contributed by atoms with Gasteiger partial charge in [0, 0.05) is 21.9 Å². The molecule has 0 bridgehead atoms. The number of allylic oxidation sites excluding steroid dienone is 1. The van der Waals surface area contributed by atoms with Crippen molar-refractivity contribution in [1.29, 1.82) is 0 Å². The van der Waals surface area contributed by atoms with Gasteiger partial charge in [0.25, 0.3) is 0 Å². The number of furan rings is 2. The molecule has 2 aromatic heterocycles. The highest BCUT2D eigenvalue weighted by Crippen LogP contribution is 2.40. The van der Waals surface area contributed by atoms with Gasteiger partial charge >= 0.3 is 0 Å². The highest BCUT2D eigenvalue weighted by atomic mass is 16.3. The summed E-state index contributed by atoms with van der Waals surface area (Å²) in [5.74, 6) is 0.991. The molecule has 5 rings (SSSR count). The van der Waals surface area contributed by atoms with Crippen molar-refractivity contribution in [2.45, 2.75) is 6.42 Å². The van der Waals surface area contributed by atoms with E-state index in [9.17, 15) is 0 Å². The highest BCUT2D eigenvalue weighted by molar-refractivity contribution is 6.05. The fraction of sp³-hybridized carbons (Fsp3) is 0.0526. The zero-order valence-corrected chi connectivity index (χ0v) is 11.3. The van der Waals surface area contributed by atoms with E-state index in [1.807, 2.05) is 36.6 Å². The first kappa shape index (κ1) is 11.0. The Bertz CT molecular complexity index is 1010. The molecule has 1 aliphatic carbocycles. The molecule has 0 aliphatic heterocycles. The van der Waals surface area contributed by atoms with Crippen LogP contribution in [-0.4, -0.2) is 0 Å². The first-order chi connectivity index (χ1) is 10.4. The fourth-order valence-electron chi connectivity index (χ4n) is 3.26. The van der Waals surface area contributed by atoms with E-state index in [0.717, 1.165) is 34.3 Å². The smallest absolute Gasteiger partial charge is 0.135 e. The molecule has 0 spiro atoms. The number of para-hydroxylation sites is 1. The third-order valence-electron chi connectivity index (χ3n) is 4.21. The molecule has 2 heterocycles. The lowest BCUT2D eigenvalue weighted by Gasteiger charge is -2.02. The van der Waals surface area contributed by atoms with E-state index < -0.39 is 0 Å². The summed E-state index contributed by atoms with van der Waals surface area (Å²) in [5.41, 5.74) is 5.47. The molecule has 2 heteroatoms. The van der Waals surface area contributed by atoms with Crippen LogP contribution < -0.4 is 0 Å². The second-order valence-electron chi connectivity index (χ2n) is 5.38. The quantitative estimate of drug-likeness (QED) is 0.462. The minimum absolute atomic E-state index is 0.919. The Balaban J connectivity index is 1.90. The molecule has 0 saturated heterocycles. The average Bonchev–Trinajstić information content (AvgIpc) is 3.20. The molecule has 0 atom stereocenters. The Morgan fingerprint density at radius 1 is 0.857 bits per heavy atom. The van der Waals surface area contributed by atoms with Crippen LogP contribution in [0.15, 0.2) is 63.6 Å². The van der Waals surface area contributed by atoms with Gasteiger partial charge in [0.15, 0.2) is 0 Å². The summed E-state index contributed by atoms with van der Waals surface area (Å²) in [7, 11) is 0. The molecular weight excluding hydrogens is 260 g/mol. The van der Waals surface area contributed by atoms with Gasteiger partial charge in [-0.3, -0.25) is 0 Å². The van der Waals surface area contributed by atoms with Crippen molar-refractivity contribution in [2.75, 3.05) is 0 Å².